The number of nitrogens with two attached hydrogens (primary N) is 1. The maximum absolute atomic E-state index is 10.5. The van der Waals surface area contributed by atoms with Gasteiger partial charge in [0.25, 0.3) is 0 Å². The number of hydrazone groups is 1. The fourth-order valence-electron chi connectivity index (χ4n) is 1.30. The van der Waals surface area contributed by atoms with E-state index in [2.05, 4.69) is 22.7 Å². The van der Waals surface area contributed by atoms with E-state index in [0.717, 1.165) is 5.56 Å². The van der Waals surface area contributed by atoms with Crippen molar-refractivity contribution in [1.82, 2.24) is 5.43 Å². The van der Waals surface area contributed by atoms with Crippen LogP contribution >= 0.6 is 12.2 Å². The van der Waals surface area contributed by atoms with Crippen LogP contribution in [0.3, 0.4) is 0 Å². The Morgan fingerprint density at radius 1 is 1.50 bits per heavy atom. The van der Waals surface area contributed by atoms with Crippen molar-refractivity contribution in [2.75, 3.05) is 13.2 Å². The van der Waals surface area contributed by atoms with Crippen LogP contribution in [0.4, 0.5) is 0 Å². The number of carbonyl (C=O) groups is 1. The van der Waals surface area contributed by atoms with Crippen molar-refractivity contribution in [2.24, 2.45) is 10.8 Å². The van der Waals surface area contributed by atoms with Crippen molar-refractivity contribution in [2.45, 2.75) is 6.92 Å². The fraction of sp³-hybridized carbons (Fsp3) is 0.250. The molecule has 0 unspecified atom stereocenters. The van der Waals surface area contributed by atoms with E-state index in [1.54, 1.807) is 18.2 Å². The highest BCUT2D eigenvalue weighted by Gasteiger charge is 2.07. The van der Waals surface area contributed by atoms with Gasteiger partial charge in [-0.2, -0.15) is 5.10 Å². The maximum atomic E-state index is 10.5. The van der Waals surface area contributed by atoms with Gasteiger partial charge in [0.15, 0.2) is 23.2 Å². The standard InChI is InChI=1S/C12H15N3O4S/c1-2-18-10-5-8(6-14-15-12(13)20)3-4-9(10)19-7-11(16)17/h3-6H,2,7H2,1H3,(H,16,17)(H3,13,15,20)/b14-6-. The molecule has 0 aliphatic heterocycles. The first-order valence-electron chi connectivity index (χ1n) is 5.73. The molecule has 1 aromatic rings. The molecule has 0 heterocycles. The highest BCUT2D eigenvalue weighted by molar-refractivity contribution is 7.80. The van der Waals surface area contributed by atoms with Gasteiger partial charge in [-0.1, -0.05) is 0 Å². The number of thiocarbonyl (C=S) groups is 1. The smallest absolute Gasteiger partial charge is 0.341 e. The summed E-state index contributed by atoms with van der Waals surface area (Å²) in [6.07, 6.45) is 1.50. The average Bonchev–Trinajstić information content (AvgIpc) is 2.37. The number of carboxylic acids is 1. The number of benzene rings is 1. The van der Waals surface area contributed by atoms with Gasteiger partial charge in [-0.25, -0.2) is 4.79 Å². The van der Waals surface area contributed by atoms with Crippen molar-refractivity contribution in [3.63, 3.8) is 0 Å². The third-order valence-corrected chi connectivity index (χ3v) is 2.10. The number of nitrogens with one attached hydrogen (secondary N) is 1. The van der Waals surface area contributed by atoms with Crippen LogP contribution in [0.15, 0.2) is 23.3 Å². The lowest BCUT2D eigenvalue weighted by Gasteiger charge is -2.11. The van der Waals surface area contributed by atoms with E-state index < -0.39 is 12.6 Å². The van der Waals surface area contributed by atoms with E-state index in [9.17, 15) is 4.79 Å². The van der Waals surface area contributed by atoms with E-state index in [-0.39, 0.29) is 5.11 Å². The van der Waals surface area contributed by atoms with Crippen molar-refractivity contribution in [3.05, 3.63) is 23.8 Å². The van der Waals surface area contributed by atoms with Gasteiger partial charge >= 0.3 is 5.97 Å². The van der Waals surface area contributed by atoms with Crippen LogP contribution in [0.2, 0.25) is 0 Å². The first kappa shape index (κ1) is 15.7. The van der Waals surface area contributed by atoms with E-state index in [0.29, 0.717) is 18.1 Å². The Hall–Kier alpha value is -2.35. The van der Waals surface area contributed by atoms with Crippen LogP contribution in [-0.2, 0) is 4.79 Å². The Bertz CT molecular complexity index is 519. The molecule has 0 radical (unpaired) electrons. The molecule has 1 aromatic carbocycles. The number of nitrogens with zero attached hydrogens (tertiary/aromatic N) is 1. The quantitative estimate of drug-likeness (QED) is 0.387. The number of rotatable bonds is 7. The topological polar surface area (TPSA) is 106 Å². The summed E-state index contributed by atoms with van der Waals surface area (Å²) in [5, 5.41) is 12.5. The van der Waals surface area contributed by atoms with Crippen LogP contribution in [0, 0.1) is 0 Å². The van der Waals surface area contributed by atoms with E-state index >= 15 is 0 Å². The molecule has 1 rings (SSSR count). The molecule has 0 saturated carbocycles. The summed E-state index contributed by atoms with van der Waals surface area (Å²) in [6.45, 7) is 1.81. The van der Waals surface area contributed by atoms with Gasteiger partial charge in [0.1, 0.15) is 0 Å². The van der Waals surface area contributed by atoms with Gasteiger partial charge in [0.2, 0.25) is 0 Å². The van der Waals surface area contributed by atoms with Crippen molar-refractivity contribution >= 4 is 29.5 Å². The molecule has 0 aromatic heterocycles. The Morgan fingerprint density at radius 3 is 2.85 bits per heavy atom. The molecule has 108 valence electrons. The maximum Gasteiger partial charge on any atom is 0.341 e. The van der Waals surface area contributed by atoms with E-state index in [1.165, 1.54) is 6.21 Å². The number of ether oxygens (including phenoxy) is 2. The molecule has 0 amide bonds. The lowest BCUT2D eigenvalue weighted by atomic mass is 10.2. The van der Waals surface area contributed by atoms with Crippen molar-refractivity contribution in [1.29, 1.82) is 0 Å². The second kappa shape index (κ2) is 7.95. The lowest BCUT2D eigenvalue weighted by molar-refractivity contribution is -0.139. The zero-order chi connectivity index (χ0) is 15.0. The Balaban J connectivity index is 2.85. The molecule has 0 fully saturated rings. The molecule has 0 aliphatic rings. The summed E-state index contributed by atoms with van der Waals surface area (Å²) in [5.74, 6) is -0.263. The van der Waals surface area contributed by atoms with Crippen LogP contribution in [-0.4, -0.2) is 35.6 Å². The molecule has 20 heavy (non-hydrogen) atoms. The fourth-order valence-corrected chi connectivity index (χ4v) is 1.36. The highest BCUT2D eigenvalue weighted by Crippen LogP contribution is 2.27. The third-order valence-electron chi connectivity index (χ3n) is 2.01. The summed E-state index contributed by atoms with van der Waals surface area (Å²) in [6, 6.07) is 4.98. The van der Waals surface area contributed by atoms with Crippen molar-refractivity contribution in [3.8, 4) is 11.5 Å². The first-order chi connectivity index (χ1) is 9.52. The zero-order valence-corrected chi connectivity index (χ0v) is 11.6. The summed E-state index contributed by atoms with van der Waals surface area (Å²) in [5.41, 5.74) is 8.38. The third kappa shape index (κ3) is 5.53. The Kier molecular flexibility index (Phi) is 6.24. The van der Waals surface area contributed by atoms with E-state index in [4.69, 9.17) is 20.3 Å². The lowest BCUT2D eigenvalue weighted by Crippen LogP contribution is -2.23. The summed E-state index contributed by atoms with van der Waals surface area (Å²) in [7, 11) is 0. The van der Waals surface area contributed by atoms with Crippen LogP contribution in [0.5, 0.6) is 11.5 Å². The molecular formula is C12H15N3O4S. The predicted octanol–water partition coefficient (Wildman–Crippen LogP) is 0.716. The van der Waals surface area contributed by atoms with Gasteiger partial charge < -0.3 is 20.3 Å². The normalized spacial score (nSPS) is 10.2. The van der Waals surface area contributed by atoms with Gasteiger partial charge in [-0.15, -0.1) is 0 Å². The minimum Gasteiger partial charge on any atom is -0.490 e. The molecule has 0 bridgehead atoms. The van der Waals surface area contributed by atoms with Crippen LogP contribution in [0.25, 0.3) is 0 Å². The first-order valence-corrected chi connectivity index (χ1v) is 6.13. The number of aliphatic carboxylic acids is 1. The highest BCUT2D eigenvalue weighted by atomic mass is 32.1. The molecule has 0 atom stereocenters. The van der Waals surface area contributed by atoms with Gasteiger partial charge in [0.05, 0.1) is 12.8 Å². The minimum atomic E-state index is -1.06. The van der Waals surface area contributed by atoms with Crippen molar-refractivity contribution < 1.29 is 19.4 Å². The summed E-state index contributed by atoms with van der Waals surface area (Å²) < 4.78 is 10.5. The van der Waals surface area contributed by atoms with E-state index in [1.807, 2.05) is 6.92 Å². The van der Waals surface area contributed by atoms with Gasteiger partial charge in [-0.3, -0.25) is 5.43 Å². The molecule has 0 spiro atoms. The van der Waals surface area contributed by atoms with Crippen LogP contribution in [0.1, 0.15) is 12.5 Å². The molecule has 4 N–H and O–H groups in total. The molecule has 0 saturated heterocycles. The average molecular weight is 297 g/mol. The molecule has 8 heteroatoms. The number of hydrogen-bond donors (Lipinski definition) is 3. The zero-order valence-electron chi connectivity index (χ0n) is 10.8. The van der Waals surface area contributed by atoms with Gasteiger partial charge in [-0.05, 0) is 42.9 Å². The largest absolute Gasteiger partial charge is 0.490 e. The molecular weight excluding hydrogens is 282 g/mol. The molecule has 7 nitrogen and oxygen atoms in total. The predicted molar refractivity (Wildman–Crippen MR) is 78.3 cm³/mol. The number of carboxylic acid groups (broad SMARTS) is 1. The Morgan fingerprint density at radius 2 is 2.25 bits per heavy atom. The second-order valence-electron chi connectivity index (χ2n) is 3.56. The monoisotopic (exact) mass is 297 g/mol. The summed E-state index contributed by atoms with van der Waals surface area (Å²) >= 11 is 4.61. The Labute approximate surface area is 121 Å². The SMILES string of the molecule is CCOc1cc(/C=N\NC(N)=S)ccc1OCC(=O)O. The minimum absolute atomic E-state index is 0.0627. The number of hydrogen-bond acceptors (Lipinski definition) is 5. The second-order valence-corrected chi connectivity index (χ2v) is 4.00. The molecule has 0 aliphatic carbocycles. The van der Waals surface area contributed by atoms with Gasteiger partial charge in [0, 0.05) is 0 Å². The summed E-state index contributed by atoms with van der Waals surface area (Å²) in [4.78, 5) is 10.5. The van der Waals surface area contributed by atoms with Crippen LogP contribution < -0.4 is 20.6 Å².